The van der Waals surface area contributed by atoms with Gasteiger partial charge in [0.25, 0.3) is 0 Å². The largest absolute Gasteiger partial charge is 0.456 e. The first-order valence-electron chi connectivity index (χ1n) is 9.42. The fraction of sp³-hybridized carbons (Fsp3) is 0.208. The third-order valence-corrected chi connectivity index (χ3v) is 6.67. The molecule has 2 bridgehead atoms. The van der Waals surface area contributed by atoms with Crippen LogP contribution in [0.15, 0.2) is 72.8 Å². The van der Waals surface area contributed by atoms with Gasteiger partial charge in [-0.1, -0.05) is 77.1 Å². The van der Waals surface area contributed by atoms with Gasteiger partial charge in [-0.25, -0.2) is 0 Å². The second-order valence-corrected chi connectivity index (χ2v) is 8.69. The number of halogens is 4. The first kappa shape index (κ1) is 20.7. The maximum atomic E-state index is 12.8. The van der Waals surface area contributed by atoms with Crippen molar-refractivity contribution in [3.63, 3.8) is 0 Å². The van der Waals surface area contributed by atoms with Crippen molar-refractivity contribution >= 4 is 34.1 Å². The summed E-state index contributed by atoms with van der Waals surface area (Å²) >= 11 is 3.61. The molecule has 1 aliphatic carbocycles. The molecule has 1 saturated heterocycles. The van der Waals surface area contributed by atoms with E-state index in [9.17, 15) is 18.0 Å². The average molecular weight is 475 g/mol. The zero-order chi connectivity index (χ0) is 21.5. The van der Waals surface area contributed by atoms with Crippen molar-refractivity contribution in [1.29, 1.82) is 0 Å². The molecule has 5 rings (SSSR count). The van der Waals surface area contributed by atoms with Gasteiger partial charge in [-0.3, -0.25) is 4.79 Å². The molecule has 0 unspecified atom stereocenters. The normalized spacial score (nSPS) is 25.9. The van der Waals surface area contributed by atoms with Crippen molar-refractivity contribution in [2.24, 2.45) is 0 Å². The van der Waals surface area contributed by atoms with Gasteiger partial charge >= 0.3 is 12.1 Å². The molecule has 2 heterocycles. The average Bonchev–Trinajstić information content (AvgIpc) is 2.72. The number of carbonyl (C=O) groups excluding carboxylic acids is 1. The standard InChI is InChI=1S/C24H18BrF3O2/c1-2-16-14-23(25)20(13-21(16)30-22(23)29)19-6-4-3-5-17(19)10-7-15-8-11-18(12-9-15)24(26,27)28/h2-12,14,20-21H,1,13H2/b10-7+/t20-,21+,23-/m1/s1. The number of carbonyl (C=O) groups is 1. The summed E-state index contributed by atoms with van der Waals surface area (Å²) in [7, 11) is 0. The van der Waals surface area contributed by atoms with Crippen LogP contribution in [0, 0.1) is 0 Å². The number of ether oxygens (including phenoxy) is 1. The van der Waals surface area contributed by atoms with E-state index in [0.717, 1.165) is 28.8 Å². The van der Waals surface area contributed by atoms with Crippen LogP contribution in [0.3, 0.4) is 0 Å². The minimum Gasteiger partial charge on any atom is -0.456 e. The van der Waals surface area contributed by atoms with Crippen molar-refractivity contribution in [3.05, 3.63) is 95.1 Å². The molecular formula is C24H18BrF3O2. The van der Waals surface area contributed by atoms with Crippen LogP contribution in [-0.4, -0.2) is 16.4 Å². The number of esters is 1. The number of fused-ring (bicyclic) bond motifs is 2. The van der Waals surface area contributed by atoms with Gasteiger partial charge in [-0.15, -0.1) is 0 Å². The van der Waals surface area contributed by atoms with Gasteiger partial charge < -0.3 is 4.74 Å². The molecule has 0 spiro atoms. The second kappa shape index (κ2) is 7.58. The molecule has 2 aromatic rings. The van der Waals surface area contributed by atoms with Crippen LogP contribution in [0.4, 0.5) is 13.2 Å². The van der Waals surface area contributed by atoms with E-state index in [1.54, 1.807) is 12.2 Å². The van der Waals surface area contributed by atoms with E-state index in [4.69, 9.17) is 4.74 Å². The smallest absolute Gasteiger partial charge is 0.416 e. The Labute approximate surface area is 180 Å². The Bertz CT molecular complexity index is 1050. The topological polar surface area (TPSA) is 26.3 Å². The summed E-state index contributed by atoms with van der Waals surface area (Å²) in [5.74, 6) is -0.461. The van der Waals surface area contributed by atoms with Crippen molar-refractivity contribution in [1.82, 2.24) is 0 Å². The van der Waals surface area contributed by atoms with E-state index in [-0.39, 0.29) is 18.0 Å². The highest BCUT2D eigenvalue weighted by atomic mass is 79.9. The molecule has 2 aromatic carbocycles. The molecule has 0 N–H and O–H groups in total. The Morgan fingerprint density at radius 1 is 1.10 bits per heavy atom. The molecule has 0 saturated carbocycles. The molecule has 0 radical (unpaired) electrons. The van der Waals surface area contributed by atoms with E-state index in [1.807, 2.05) is 36.4 Å². The lowest BCUT2D eigenvalue weighted by atomic mass is 9.72. The van der Waals surface area contributed by atoms with Crippen LogP contribution in [0.1, 0.15) is 34.6 Å². The van der Waals surface area contributed by atoms with Gasteiger partial charge in [-0.2, -0.15) is 13.2 Å². The van der Waals surface area contributed by atoms with E-state index in [1.165, 1.54) is 12.1 Å². The van der Waals surface area contributed by atoms with Crippen molar-refractivity contribution in [2.45, 2.75) is 28.9 Å². The summed E-state index contributed by atoms with van der Waals surface area (Å²) in [6.07, 6.45) is 3.16. The molecule has 3 atom stereocenters. The third-order valence-electron chi connectivity index (χ3n) is 5.57. The molecule has 0 amide bonds. The van der Waals surface area contributed by atoms with Gasteiger partial charge in [0.2, 0.25) is 0 Å². The molecule has 2 nitrogen and oxygen atoms in total. The SMILES string of the molecule is C=CC1=C[C@]2(Br)C(=O)O[C@H]1C[C@@H]2c1ccccc1/C=C/c1ccc(C(F)(F)F)cc1. The molecule has 1 fully saturated rings. The minimum atomic E-state index is -4.36. The third kappa shape index (κ3) is 3.65. The number of benzene rings is 2. The van der Waals surface area contributed by atoms with E-state index < -0.39 is 16.1 Å². The quantitative estimate of drug-likeness (QED) is 0.286. The lowest BCUT2D eigenvalue weighted by Crippen LogP contribution is -2.51. The maximum absolute atomic E-state index is 12.8. The molecule has 30 heavy (non-hydrogen) atoms. The summed E-state index contributed by atoms with van der Waals surface area (Å²) < 4.78 is 42.8. The Morgan fingerprint density at radius 3 is 2.47 bits per heavy atom. The fourth-order valence-electron chi connectivity index (χ4n) is 3.99. The van der Waals surface area contributed by atoms with Gasteiger partial charge in [0.05, 0.1) is 5.56 Å². The highest BCUT2D eigenvalue weighted by Crippen LogP contribution is 2.52. The Kier molecular flexibility index (Phi) is 5.22. The number of rotatable bonds is 4. The van der Waals surface area contributed by atoms with Crippen molar-refractivity contribution in [3.8, 4) is 0 Å². The van der Waals surface area contributed by atoms with Crippen LogP contribution in [-0.2, 0) is 15.7 Å². The fourth-order valence-corrected chi connectivity index (χ4v) is 4.78. The first-order chi connectivity index (χ1) is 14.2. The molecule has 0 aromatic heterocycles. The predicted octanol–water partition coefficient (Wildman–Crippen LogP) is 6.53. The molecule has 2 aliphatic heterocycles. The van der Waals surface area contributed by atoms with E-state index in [2.05, 4.69) is 22.5 Å². The summed E-state index contributed by atoms with van der Waals surface area (Å²) in [6.45, 7) is 3.80. The zero-order valence-electron chi connectivity index (χ0n) is 15.8. The Morgan fingerprint density at radius 2 is 1.80 bits per heavy atom. The van der Waals surface area contributed by atoms with Crippen LogP contribution in [0.2, 0.25) is 0 Å². The Balaban J connectivity index is 1.66. The van der Waals surface area contributed by atoms with Crippen molar-refractivity contribution in [2.75, 3.05) is 0 Å². The van der Waals surface area contributed by atoms with Crippen molar-refractivity contribution < 1.29 is 22.7 Å². The second-order valence-electron chi connectivity index (χ2n) is 7.38. The summed E-state index contributed by atoms with van der Waals surface area (Å²) in [5, 5.41) is 0. The first-order valence-corrected chi connectivity index (χ1v) is 10.2. The molecule has 154 valence electrons. The molecular weight excluding hydrogens is 457 g/mol. The summed E-state index contributed by atoms with van der Waals surface area (Å²) in [4.78, 5) is 12.6. The minimum absolute atomic E-state index is 0.138. The zero-order valence-corrected chi connectivity index (χ0v) is 17.4. The lowest BCUT2D eigenvalue weighted by molar-refractivity contribution is -0.156. The predicted molar refractivity (Wildman–Crippen MR) is 114 cm³/mol. The highest BCUT2D eigenvalue weighted by molar-refractivity contribution is 9.10. The monoisotopic (exact) mass is 474 g/mol. The lowest BCUT2D eigenvalue weighted by Gasteiger charge is -2.45. The van der Waals surface area contributed by atoms with Crippen LogP contribution >= 0.6 is 15.9 Å². The van der Waals surface area contributed by atoms with Crippen LogP contribution in [0.5, 0.6) is 0 Å². The van der Waals surface area contributed by atoms with Crippen LogP contribution in [0.25, 0.3) is 12.2 Å². The molecule has 6 heteroatoms. The maximum Gasteiger partial charge on any atom is 0.416 e. The number of hydrogen-bond acceptors (Lipinski definition) is 2. The van der Waals surface area contributed by atoms with E-state index >= 15 is 0 Å². The van der Waals surface area contributed by atoms with Gasteiger partial charge in [0, 0.05) is 5.92 Å². The van der Waals surface area contributed by atoms with Gasteiger partial charge in [-0.05, 0) is 46.9 Å². The van der Waals surface area contributed by atoms with Gasteiger partial charge in [0.15, 0.2) is 0 Å². The summed E-state index contributed by atoms with van der Waals surface area (Å²) in [5.41, 5.74) is 2.74. The highest BCUT2D eigenvalue weighted by Gasteiger charge is 2.54. The summed E-state index contributed by atoms with van der Waals surface area (Å²) in [6, 6.07) is 12.7. The Hall–Kier alpha value is -2.60. The van der Waals surface area contributed by atoms with Crippen LogP contribution < -0.4 is 0 Å². The van der Waals surface area contributed by atoms with Gasteiger partial charge in [0.1, 0.15) is 10.4 Å². The number of alkyl halides is 4. The number of hydrogen-bond donors (Lipinski definition) is 0. The van der Waals surface area contributed by atoms with E-state index in [0.29, 0.717) is 12.0 Å². The molecule has 3 aliphatic rings.